The topological polar surface area (TPSA) is 85.9 Å². The van der Waals surface area contributed by atoms with Crippen molar-refractivity contribution in [1.82, 2.24) is 5.32 Å². The molecule has 0 saturated heterocycles. The highest BCUT2D eigenvalue weighted by Gasteiger charge is 2.13. The summed E-state index contributed by atoms with van der Waals surface area (Å²) < 4.78 is 15.7. The molecule has 0 bridgehead atoms. The molecule has 2 aromatic carbocycles. The van der Waals surface area contributed by atoms with E-state index in [1.165, 1.54) is 5.56 Å². The second kappa shape index (κ2) is 9.23. The quantitative estimate of drug-likeness (QED) is 0.731. The van der Waals surface area contributed by atoms with Gasteiger partial charge in [-0.05, 0) is 41.3 Å². The summed E-state index contributed by atoms with van der Waals surface area (Å²) in [5.41, 5.74) is 2.79. The van der Waals surface area contributed by atoms with E-state index in [1.807, 2.05) is 36.4 Å². The summed E-state index contributed by atoms with van der Waals surface area (Å²) in [5, 5.41) is 5.48. The molecule has 0 aromatic heterocycles. The minimum absolute atomic E-state index is 0.190. The molecule has 1 aliphatic heterocycles. The van der Waals surface area contributed by atoms with Gasteiger partial charge in [0.1, 0.15) is 13.2 Å². The molecular weight excluding hydrogens is 360 g/mol. The SMILES string of the molecule is CC(C)c1ccc(NC(=O)COCC(=O)NCc2ccc3c(c2)OCO3)cc1. The standard InChI is InChI=1S/C21H24N2O5/c1-14(2)16-4-6-17(7-5-16)23-21(25)12-26-11-20(24)22-10-15-3-8-18-19(9-15)28-13-27-18/h3-9,14H,10-13H2,1-2H3,(H,22,24)(H,23,25). The molecule has 0 aliphatic carbocycles. The first kappa shape index (κ1) is 19.7. The van der Waals surface area contributed by atoms with E-state index in [4.69, 9.17) is 14.2 Å². The van der Waals surface area contributed by atoms with E-state index in [1.54, 1.807) is 6.07 Å². The number of ether oxygens (including phenoxy) is 3. The second-order valence-corrected chi connectivity index (χ2v) is 6.78. The molecule has 2 aromatic rings. The molecule has 7 heteroatoms. The van der Waals surface area contributed by atoms with Crippen molar-refractivity contribution >= 4 is 17.5 Å². The fraction of sp³-hybridized carbons (Fsp3) is 0.333. The summed E-state index contributed by atoms with van der Waals surface area (Å²) in [6.45, 7) is 4.39. The third kappa shape index (κ3) is 5.47. The van der Waals surface area contributed by atoms with Crippen LogP contribution in [-0.2, 0) is 20.9 Å². The van der Waals surface area contributed by atoms with Crippen molar-refractivity contribution < 1.29 is 23.8 Å². The molecule has 0 atom stereocenters. The summed E-state index contributed by atoms with van der Waals surface area (Å²) in [5.74, 6) is 1.20. The fourth-order valence-corrected chi connectivity index (χ4v) is 2.69. The van der Waals surface area contributed by atoms with Gasteiger partial charge in [-0.15, -0.1) is 0 Å². The maximum atomic E-state index is 11.9. The molecule has 0 fully saturated rings. The first-order valence-corrected chi connectivity index (χ1v) is 9.14. The van der Waals surface area contributed by atoms with Crippen molar-refractivity contribution in [3.63, 3.8) is 0 Å². The third-order valence-electron chi connectivity index (χ3n) is 4.25. The maximum Gasteiger partial charge on any atom is 0.250 e. The summed E-state index contributed by atoms with van der Waals surface area (Å²) in [6.07, 6.45) is 0. The zero-order valence-corrected chi connectivity index (χ0v) is 16.0. The normalized spacial score (nSPS) is 12.1. The van der Waals surface area contributed by atoms with Gasteiger partial charge in [0.2, 0.25) is 18.6 Å². The van der Waals surface area contributed by atoms with Crippen LogP contribution in [0.1, 0.15) is 30.9 Å². The van der Waals surface area contributed by atoms with Crippen LogP contribution in [0.5, 0.6) is 11.5 Å². The van der Waals surface area contributed by atoms with Crippen LogP contribution in [0.25, 0.3) is 0 Å². The van der Waals surface area contributed by atoms with Gasteiger partial charge in [0.25, 0.3) is 0 Å². The highest BCUT2D eigenvalue weighted by Crippen LogP contribution is 2.32. The Bertz CT molecular complexity index is 833. The van der Waals surface area contributed by atoms with Crippen LogP contribution >= 0.6 is 0 Å². The minimum Gasteiger partial charge on any atom is -0.454 e. The van der Waals surface area contributed by atoms with E-state index in [0.29, 0.717) is 29.6 Å². The highest BCUT2D eigenvalue weighted by molar-refractivity contribution is 5.91. The van der Waals surface area contributed by atoms with Gasteiger partial charge in [0.15, 0.2) is 11.5 Å². The van der Waals surface area contributed by atoms with Crippen LogP contribution in [0.3, 0.4) is 0 Å². The number of carbonyl (C=O) groups excluding carboxylic acids is 2. The Hall–Kier alpha value is -3.06. The van der Waals surface area contributed by atoms with Gasteiger partial charge in [-0.3, -0.25) is 9.59 Å². The number of carbonyl (C=O) groups is 2. The molecule has 148 valence electrons. The number of hydrogen-bond donors (Lipinski definition) is 2. The molecule has 0 radical (unpaired) electrons. The van der Waals surface area contributed by atoms with E-state index < -0.39 is 0 Å². The van der Waals surface area contributed by atoms with Crippen molar-refractivity contribution in [2.45, 2.75) is 26.3 Å². The van der Waals surface area contributed by atoms with Gasteiger partial charge in [-0.2, -0.15) is 0 Å². The summed E-state index contributed by atoms with van der Waals surface area (Å²) in [4.78, 5) is 23.8. The number of amides is 2. The summed E-state index contributed by atoms with van der Waals surface area (Å²) >= 11 is 0. The largest absolute Gasteiger partial charge is 0.454 e. The molecule has 2 N–H and O–H groups in total. The number of benzene rings is 2. The third-order valence-corrected chi connectivity index (χ3v) is 4.25. The number of fused-ring (bicyclic) bond motifs is 1. The number of anilines is 1. The van der Waals surface area contributed by atoms with Crippen molar-refractivity contribution in [2.75, 3.05) is 25.3 Å². The van der Waals surface area contributed by atoms with Crippen LogP contribution in [0.2, 0.25) is 0 Å². The van der Waals surface area contributed by atoms with Crippen molar-refractivity contribution in [3.05, 3.63) is 53.6 Å². The van der Waals surface area contributed by atoms with E-state index >= 15 is 0 Å². The number of rotatable bonds is 8. The van der Waals surface area contributed by atoms with Crippen molar-refractivity contribution in [1.29, 1.82) is 0 Å². The van der Waals surface area contributed by atoms with Crippen LogP contribution in [-0.4, -0.2) is 31.8 Å². The highest BCUT2D eigenvalue weighted by atomic mass is 16.7. The minimum atomic E-state index is -0.305. The number of hydrogen-bond acceptors (Lipinski definition) is 5. The Labute approximate surface area is 164 Å². The van der Waals surface area contributed by atoms with E-state index in [-0.39, 0.29) is 31.8 Å². The number of nitrogens with one attached hydrogen (secondary N) is 2. The average molecular weight is 384 g/mol. The first-order chi connectivity index (χ1) is 13.5. The van der Waals surface area contributed by atoms with Gasteiger partial charge in [-0.1, -0.05) is 32.0 Å². The summed E-state index contributed by atoms with van der Waals surface area (Å²) in [7, 11) is 0. The predicted octanol–water partition coefficient (Wildman–Crippen LogP) is 2.81. The Morgan fingerprint density at radius 1 is 1.00 bits per heavy atom. The maximum absolute atomic E-state index is 11.9. The molecule has 1 aliphatic rings. The van der Waals surface area contributed by atoms with Gasteiger partial charge in [-0.25, -0.2) is 0 Å². The molecule has 0 spiro atoms. The van der Waals surface area contributed by atoms with Crippen molar-refractivity contribution in [2.24, 2.45) is 0 Å². The molecule has 28 heavy (non-hydrogen) atoms. The van der Waals surface area contributed by atoms with E-state index in [0.717, 1.165) is 5.56 Å². The predicted molar refractivity (Wildman–Crippen MR) is 104 cm³/mol. The fourth-order valence-electron chi connectivity index (χ4n) is 2.69. The summed E-state index contributed by atoms with van der Waals surface area (Å²) in [6, 6.07) is 13.1. The smallest absolute Gasteiger partial charge is 0.250 e. The lowest BCUT2D eigenvalue weighted by atomic mass is 10.0. The Balaban J connectivity index is 1.35. The van der Waals surface area contributed by atoms with Gasteiger partial charge in [0.05, 0.1) is 0 Å². The van der Waals surface area contributed by atoms with Crippen LogP contribution in [0.4, 0.5) is 5.69 Å². The average Bonchev–Trinajstić information content (AvgIpc) is 3.14. The molecular formula is C21H24N2O5. The molecule has 2 amide bonds. The zero-order valence-electron chi connectivity index (χ0n) is 16.0. The molecule has 3 rings (SSSR count). The van der Waals surface area contributed by atoms with E-state index in [9.17, 15) is 9.59 Å². The van der Waals surface area contributed by atoms with Crippen molar-refractivity contribution in [3.8, 4) is 11.5 Å². The Kier molecular flexibility index (Phi) is 6.49. The van der Waals surface area contributed by atoms with Crippen LogP contribution in [0, 0.1) is 0 Å². The van der Waals surface area contributed by atoms with Gasteiger partial charge < -0.3 is 24.8 Å². The van der Waals surface area contributed by atoms with Gasteiger partial charge in [0, 0.05) is 12.2 Å². The first-order valence-electron chi connectivity index (χ1n) is 9.14. The second-order valence-electron chi connectivity index (χ2n) is 6.78. The Morgan fingerprint density at radius 3 is 2.46 bits per heavy atom. The molecule has 1 heterocycles. The van der Waals surface area contributed by atoms with Crippen LogP contribution in [0.15, 0.2) is 42.5 Å². The lowest BCUT2D eigenvalue weighted by Gasteiger charge is -2.09. The Morgan fingerprint density at radius 2 is 1.71 bits per heavy atom. The monoisotopic (exact) mass is 384 g/mol. The molecule has 0 unspecified atom stereocenters. The molecule has 7 nitrogen and oxygen atoms in total. The van der Waals surface area contributed by atoms with Crippen LogP contribution < -0.4 is 20.1 Å². The zero-order chi connectivity index (χ0) is 19.9. The van der Waals surface area contributed by atoms with E-state index in [2.05, 4.69) is 24.5 Å². The van der Waals surface area contributed by atoms with Gasteiger partial charge >= 0.3 is 0 Å². The molecule has 0 saturated carbocycles. The lowest BCUT2D eigenvalue weighted by Crippen LogP contribution is -2.29. The lowest BCUT2D eigenvalue weighted by molar-refractivity contribution is -0.128.